The van der Waals surface area contributed by atoms with Crippen molar-refractivity contribution in [2.75, 3.05) is 19.9 Å². The molecule has 0 atom stereocenters. The van der Waals surface area contributed by atoms with Crippen LogP contribution in [0.5, 0.6) is 17.2 Å². The summed E-state index contributed by atoms with van der Waals surface area (Å²) in [5, 5.41) is 37.6. The fraction of sp³-hybridized carbons (Fsp3) is 0.114. The number of benzene rings is 5. The van der Waals surface area contributed by atoms with Crippen LogP contribution in [0, 0.1) is 0 Å². The SMILES string of the molecule is O=C([O-])CNCO.OCCc1ccccc1.Oc1ccccc1-c1ccccc1.[Na+].[NaH].c1ccc(Oc2ccccc2)cc1. The largest absolute Gasteiger partial charge is 0.457 e. The zero-order valence-electron chi connectivity index (χ0n) is 24.3. The number of ether oxygens (including phenoxy) is 1. The van der Waals surface area contributed by atoms with E-state index < -0.39 is 5.97 Å². The van der Waals surface area contributed by atoms with Crippen LogP contribution in [0.15, 0.2) is 146 Å². The molecule has 0 aliphatic rings. The van der Waals surface area contributed by atoms with Crippen LogP contribution >= 0.6 is 0 Å². The fourth-order valence-electron chi connectivity index (χ4n) is 3.38. The predicted octanol–water partition coefficient (Wildman–Crippen LogP) is 1.39. The molecule has 0 heterocycles. The molecule has 7 nitrogen and oxygen atoms in total. The molecule has 44 heavy (non-hydrogen) atoms. The molecule has 0 saturated heterocycles. The standard InChI is InChI=1S/2C12H10O.C8H10O.C3H7NO3.2Na.H/c1-3-7-11(8-4-1)13-12-9-5-2-6-10-12;13-12-9-5-4-8-11(12)10-6-2-1-3-7-10;9-7-6-8-4-2-1-3-5-8;5-2-4-1-3(6)7;;;/h1-10H;1-9,13H;1-5,9H,6-7H2;4-5H,1-2H2,(H,6,7);;;/q;;;;;+1;/p-1. The summed E-state index contributed by atoms with van der Waals surface area (Å²) in [6.07, 6.45) is 0.765. The van der Waals surface area contributed by atoms with Crippen molar-refractivity contribution in [3.05, 3.63) is 151 Å². The Kier molecular flexibility index (Phi) is 24.7. The smallest absolute Gasteiger partial charge is 0.127 e. The van der Waals surface area contributed by atoms with Gasteiger partial charge in [-0.25, -0.2) is 0 Å². The van der Waals surface area contributed by atoms with Gasteiger partial charge in [-0.15, -0.1) is 0 Å². The van der Waals surface area contributed by atoms with Gasteiger partial charge in [-0.1, -0.05) is 115 Å². The average Bonchev–Trinajstić information content (AvgIpc) is 3.03. The van der Waals surface area contributed by atoms with Crippen molar-refractivity contribution >= 4 is 35.5 Å². The minimum absolute atomic E-state index is 0. The number of carbonyl (C=O) groups excluding carboxylic acids is 1. The van der Waals surface area contributed by atoms with Gasteiger partial charge in [0.2, 0.25) is 0 Å². The van der Waals surface area contributed by atoms with Crippen LogP contribution in [-0.2, 0) is 11.2 Å². The van der Waals surface area contributed by atoms with E-state index in [1.54, 1.807) is 6.07 Å². The summed E-state index contributed by atoms with van der Waals surface area (Å²) in [5.41, 5.74) is 3.11. The number of aromatic hydroxyl groups is 1. The molecule has 0 spiro atoms. The van der Waals surface area contributed by atoms with Crippen molar-refractivity contribution in [2.24, 2.45) is 0 Å². The van der Waals surface area contributed by atoms with E-state index in [0.717, 1.165) is 29.0 Å². The first-order valence-corrected chi connectivity index (χ1v) is 13.3. The van der Waals surface area contributed by atoms with Crippen LogP contribution < -0.4 is 44.7 Å². The van der Waals surface area contributed by atoms with E-state index in [1.807, 2.05) is 140 Å². The van der Waals surface area contributed by atoms with Crippen LogP contribution in [0.4, 0.5) is 0 Å². The quantitative estimate of drug-likeness (QED) is 0.154. The Morgan fingerprint density at radius 1 is 0.659 bits per heavy atom. The third-order valence-electron chi connectivity index (χ3n) is 5.34. The molecule has 5 aromatic carbocycles. The molecule has 0 aliphatic carbocycles. The minimum Gasteiger partial charge on any atom is -0.457 e. The van der Waals surface area contributed by atoms with Gasteiger partial charge in [0.25, 0.3) is 0 Å². The van der Waals surface area contributed by atoms with Gasteiger partial charge in [0, 0.05) is 18.7 Å². The average molecular weight is 614 g/mol. The molecule has 0 saturated carbocycles. The van der Waals surface area contributed by atoms with E-state index in [4.69, 9.17) is 14.9 Å². The van der Waals surface area contributed by atoms with Crippen molar-refractivity contribution in [1.29, 1.82) is 0 Å². The molecule has 0 unspecified atom stereocenters. The second-order valence-corrected chi connectivity index (χ2v) is 8.53. The van der Waals surface area contributed by atoms with Gasteiger partial charge >= 0.3 is 59.1 Å². The second-order valence-electron chi connectivity index (χ2n) is 8.53. The number of hydrogen-bond acceptors (Lipinski definition) is 7. The molecule has 4 N–H and O–H groups in total. The molecule has 9 heteroatoms. The Hall–Kier alpha value is -2.95. The third kappa shape index (κ3) is 18.7. The summed E-state index contributed by atoms with van der Waals surface area (Å²) >= 11 is 0. The molecule has 0 amide bonds. The molecule has 0 fully saturated rings. The number of aliphatic carboxylic acids is 1. The first-order chi connectivity index (χ1) is 20.5. The molecule has 5 rings (SSSR count). The maximum absolute atomic E-state index is 9.56. The first kappa shape index (κ1) is 41.0. The van der Waals surface area contributed by atoms with Gasteiger partial charge in [0.05, 0.1) is 12.7 Å². The fourth-order valence-corrected chi connectivity index (χ4v) is 3.38. The van der Waals surface area contributed by atoms with Gasteiger partial charge < -0.3 is 30.0 Å². The zero-order valence-corrected chi connectivity index (χ0v) is 26.3. The van der Waals surface area contributed by atoms with Crippen molar-refractivity contribution in [3.63, 3.8) is 0 Å². The number of aliphatic hydroxyl groups excluding tert-OH is 2. The third-order valence-corrected chi connectivity index (χ3v) is 5.34. The monoisotopic (exact) mass is 613 g/mol. The summed E-state index contributed by atoms with van der Waals surface area (Å²) in [6.45, 7) is -0.380. The summed E-state index contributed by atoms with van der Waals surface area (Å²) in [4.78, 5) is 9.47. The van der Waals surface area contributed by atoms with Crippen molar-refractivity contribution in [2.45, 2.75) is 6.42 Å². The van der Waals surface area contributed by atoms with Crippen LogP contribution in [-0.4, -0.2) is 70.7 Å². The number of carboxylic acid groups (broad SMARTS) is 1. The van der Waals surface area contributed by atoms with Crippen LogP contribution in [0.1, 0.15) is 5.56 Å². The molecule has 220 valence electrons. The number of phenolic OH excluding ortho intramolecular Hbond substituents is 1. The maximum Gasteiger partial charge on any atom is 0.127 e. The second kappa shape index (κ2) is 26.5. The normalized spacial score (nSPS) is 9.05. The number of carbonyl (C=O) groups is 1. The molecule has 5 aromatic rings. The Morgan fingerprint density at radius 2 is 1.09 bits per heavy atom. The molecular formula is C35H37NNa2O6. The summed E-state index contributed by atoms with van der Waals surface area (Å²) < 4.78 is 5.58. The molecule has 0 aliphatic heterocycles. The summed E-state index contributed by atoms with van der Waals surface area (Å²) in [6, 6.07) is 46.7. The van der Waals surface area contributed by atoms with Gasteiger partial charge in [0.15, 0.2) is 0 Å². The molecule has 0 bridgehead atoms. The Balaban J connectivity index is 0.000000569. The topological polar surface area (TPSA) is 122 Å². The van der Waals surface area contributed by atoms with Gasteiger partial charge in [0.1, 0.15) is 17.2 Å². The van der Waals surface area contributed by atoms with Gasteiger partial charge in [-0.3, -0.25) is 5.32 Å². The number of phenols is 1. The Morgan fingerprint density at radius 3 is 1.50 bits per heavy atom. The first-order valence-electron chi connectivity index (χ1n) is 13.3. The van der Waals surface area contributed by atoms with Crippen molar-refractivity contribution in [1.82, 2.24) is 5.32 Å². The van der Waals surface area contributed by atoms with Crippen molar-refractivity contribution in [3.8, 4) is 28.4 Å². The number of carboxylic acids is 1. The molecule has 0 radical (unpaired) electrons. The zero-order chi connectivity index (χ0) is 30.3. The molecular weight excluding hydrogens is 576 g/mol. The summed E-state index contributed by atoms with van der Waals surface area (Å²) in [5.74, 6) is 0.852. The summed E-state index contributed by atoms with van der Waals surface area (Å²) in [7, 11) is 0. The number of para-hydroxylation sites is 3. The van der Waals surface area contributed by atoms with E-state index in [1.165, 1.54) is 5.56 Å². The molecule has 0 aromatic heterocycles. The van der Waals surface area contributed by atoms with E-state index in [9.17, 15) is 15.0 Å². The van der Waals surface area contributed by atoms with E-state index >= 15 is 0 Å². The van der Waals surface area contributed by atoms with Gasteiger partial charge in [-0.2, -0.15) is 0 Å². The number of nitrogens with one attached hydrogen (secondary N) is 1. The Labute approximate surface area is 303 Å². The van der Waals surface area contributed by atoms with E-state index in [-0.39, 0.29) is 79.0 Å². The van der Waals surface area contributed by atoms with Crippen LogP contribution in [0.2, 0.25) is 0 Å². The number of rotatable bonds is 8. The van der Waals surface area contributed by atoms with Crippen LogP contribution in [0.25, 0.3) is 11.1 Å². The van der Waals surface area contributed by atoms with E-state index in [2.05, 4.69) is 5.32 Å². The van der Waals surface area contributed by atoms with Gasteiger partial charge in [-0.05, 0) is 47.9 Å². The number of aliphatic hydroxyl groups is 2. The van der Waals surface area contributed by atoms with Crippen molar-refractivity contribution < 1.29 is 59.5 Å². The van der Waals surface area contributed by atoms with E-state index in [0.29, 0.717) is 5.75 Å². The minimum atomic E-state index is -1.21. The maximum atomic E-state index is 9.56. The predicted molar refractivity (Wildman–Crippen MR) is 171 cm³/mol. The number of hydrogen-bond donors (Lipinski definition) is 4. The van der Waals surface area contributed by atoms with Crippen LogP contribution in [0.3, 0.4) is 0 Å². The Bertz CT molecular complexity index is 1340.